The standard InChI is InChI=1S/C19H22ClN3O3/c1-19(2,3)16(17(21)24)23(13-7-5-6-8-14(13)26-4)18(25)12-9-10-15(20)22-11-12/h5-11,16H,1-4H3,(H2,21,24). The van der Waals surface area contributed by atoms with Crippen LogP contribution in [0.2, 0.25) is 5.15 Å². The number of benzene rings is 1. The third kappa shape index (κ3) is 4.14. The summed E-state index contributed by atoms with van der Waals surface area (Å²) in [6.07, 6.45) is 1.37. The molecule has 0 radical (unpaired) electrons. The molecule has 7 heteroatoms. The van der Waals surface area contributed by atoms with E-state index in [4.69, 9.17) is 22.1 Å². The Hall–Kier alpha value is -2.60. The number of carbonyl (C=O) groups excluding carboxylic acids is 2. The van der Waals surface area contributed by atoms with Gasteiger partial charge in [0.2, 0.25) is 5.91 Å². The molecule has 0 saturated carbocycles. The number of methoxy groups -OCH3 is 1. The van der Waals surface area contributed by atoms with Crippen molar-refractivity contribution in [2.45, 2.75) is 26.8 Å². The molecule has 2 rings (SSSR count). The van der Waals surface area contributed by atoms with Crippen molar-refractivity contribution in [3.63, 3.8) is 0 Å². The quantitative estimate of drug-likeness (QED) is 0.812. The minimum Gasteiger partial charge on any atom is -0.495 e. The van der Waals surface area contributed by atoms with Gasteiger partial charge in [-0.2, -0.15) is 0 Å². The molecule has 0 aliphatic rings. The number of rotatable bonds is 5. The van der Waals surface area contributed by atoms with Crippen LogP contribution in [0.1, 0.15) is 31.1 Å². The van der Waals surface area contributed by atoms with Crippen molar-refractivity contribution in [3.05, 3.63) is 53.3 Å². The molecule has 6 nitrogen and oxygen atoms in total. The van der Waals surface area contributed by atoms with Gasteiger partial charge in [0, 0.05) is 6.20 Å². The number of nitrogens with two attached hydrogens (primary N) is 1. The molecule has 1 aromatic carbocycles. The average molecular weight is 376 g/mol. The number of nitrogens with zero attached hydrogens (tertiary/aromatic N) is 2. The first-order chi connectivity index (χ1) is 12.2. The SMILES string of the molecule is COc1ccccc1N(C(=O)c1ccc(Cl)nc1)C(C(N)=O)C(C)(C)C. The van der Waals surface area contributed by atoms with E-state index < -0.39 is 23.3 Å². The van der Waals surface area contributed by atoms with Gasteiger partial charge in [0.05, 0.1) is 18.4 Å². The number of anilines is 1. The van der Waals surface area contributed by atoms with Crippen LogP contribution in [0.25, 0.3) is 0 Å². The summed E-state index contributed by atoms with van der Waals surface area (Å²) in [5.41, 5.74) is 5.81. The highest BCUT2D eigenvalue weighted by molar-refractivity contribution is 6.29. The first-order valence-corrected chi connectivity index (χ1v) is 8.42. The molecule has 1 unspecified atom stereocenters. The van der Waals surface area contributed by atoms with Crippen molar-refractivity contribution in [3.8, 4) is 5.75 Å². The Morgan fingerprint density at radius 1 is 1.19 bits per heavy atom. The summed E-state index contributed by atoms with van der Waals surface area (Å²) in [4.78, 5) is 30.9. The van der Waals surface area contributed by atoms with Gasteiger partial charge in [-0.25, -0.2) is 4.98 Å². The molecule has 2 aromatic rings. The molecular weight excluding hydrogens is 354 g/mol. The van der Waals surface area contributed by atoms with Crippen LogP contribution in [0, 0.1) is 5.41 Å². The van der Waals surface area contributed by atoms with Crippen LogP contribution in [0.15, 0.2) is 42.6 Å². The van der Waals surface area contributed by atoms with Crippen molar-refractivity contribution < 1.29 is 14.3 Å². The van der Waals surface area contributed by atoms with E-state index in [2.05, 4.69) is 4.98 Å². The van der Waals surface area contributed by atoms with Gasteiger partial charge in [-0.3, -0.25) is 14.5 Å². The minimum atomic E-state index is -0.901. The van der Waals surface area contributed by atoms with Gasteiger partial charge in [-0.1, -0.05) is 44.5 Å². The van der Waals surface area contributed by atoms with Crippen molar-refractivity contribution in [2.24, 2.45) is 11.1 Å². The van der Waals surface area contributed by atoms with Crippen LogP contribution in [-0.2, 0) is 4.79 Å². The monoisotopic (exact) mass is 375 g/mol. The molecule has 1 aromatic heterocycles. The molecule has 138 valence electrons. The number of ether oxygens (including phenoxy) is 1. The molecule has 0 fully saturated rings. The van der Waals surface area contributed by atoms with Crippen molar-refractivity contribution >= 4 is 29.1 Å². The second-order valence-corrected chi connectivity index (χ2v) is 7.27. The van der Waals surface area contributed by atoms with Gasteiger partial charge >= 0.3 is 0 Å². The molecule has 0 aliphatic heterocycles. The predicted octanol–water partition coefficient (Wildman–Crippen LogP) is 3.29. The third-order valence-corrected chi connectivity index (χ3v) is 4.11. The van der Waals surface area contributed by atoms with Crippen LogP contribution in [0.5, 0.6) is 5.75 Å². The van der Waals surface area contributed by atoms with Gasteiger partial charge in [-0.15, -0.1) is 0 Å². The summed E-state index contributed by atoms with van der Waals surface area (Å²) in [6.45, 7) is 5.54. The Bertz CT molecular complexity index is 800. The first-order valence-electron chi connectivity index (χ1n) is 8.04. The van der Waals surface area contributed by atoms with E-state index in [0.717, 1.165) is 0 Å². The zero-order valence-corrected chi connectivity index (χ0v) is 15.9. The average Bonchev–Trinajstić information content (AvgIpc) is 2.58. The van der Waals surface area contributed by atoms with E-state index in [9.17, 15) is 9.59 Å². The first kappa shape index (κ1) is 19.7. The third-order valence-electron chi connectivity index (χ3n) is 3.89. The zero-order chi connectivity index (χ0) is 19.5. The summed E-state index contributed by atoms with van der Waals surface area (Å²) in [6, 6.07) is 9.15. The Morgan fingerprint density at radius 2 is 1.85 bits per heavy atom. The number of hydrogen-bond donors (Lipinski definition) is 1. The van der Waals surface area contributed by atoms with Crippen LogP contribution >= 0.6 is 11.6 Å². The lowest BCUT2D eigenvalue weighted by atomic mass is 9.84. The molecule has 0 saturated heterocycles. The number of halogens is 1. The van der Waals surface area contributed by atoms with Crippen molar-refractivity contribution in [1.29, 1.82) is 0 Å². The molecule has 2 amide bonds. The number of hydrogen-bond acceptors (Lipinski definition) is 4. The number of aromatic nitrogens is 1. The summed E-state index contributed by atoms with van der Waals surface area (Å²) in [7, 11) is 1.50. The molecule has 0 spiro atoms. The molecule has 2 N–H and O–H groups in total. The summed E-state index contributed by atoms with van der Waals surface area (Å²) >= 11 is 5.82. The van der Waals surface area contributed by atoms with E-state index in [1.807, 2.05) is 20.8 Å². The van der Waals surface area contributed by atoms with Gasteiger partial charge in [0.1, 0.15) is 16.9 Å². The summed E-state index contributed by atoms with van der Waals surface area (Å²) in [5.74, 6) is -0.575. The van der Waals surface area contributed by atoms with Gasteiger partial charge in [-0.05, 0) is 29.7 Å². The van der Waals surface area contributed by atoms with Crippen molar-refractivity contribution in [1.82, 2.24) is 4.98 Å². The normalized spacial score (nSPS) is 12.3. The fourth-order valence-electron chi connectivity index (χ4n) is 2.78. The highest BCUT2D eigenvalue weighted by Crippen LogP contribution is 2.35. The zero-order valence-electron chi connectivity index (χ0n) is 15.2. The molecule has 1 atom stereocenters. The van der Waals surface area contributed by atoms with Crippen LogP contribution in [-0.4, -0.2) is 29.9 Å². The Kier molecular flexibility index (Phi) is 5.87. The number of para-hydroxylation sites is 2. The highest BCUT2D eigenvalue weighted by Gasteiger charge is 2.40. The Morgan fingerprint density at radius 3 is 2.35 bits per heavy atom. The molecular formula is C19H22ClN3O3. The van der Waals surface area contributed by atoms with E-state index in [0.29, 0.717) is 11.4 Å². The van der Waals surface area contributed by atoms with Crippen LogP contribution < -0.4 is 15.4 Å². The lowest BCUT2D eigenvalue weighted by Crippen LogP contribution is -2.55. The fraction of sp³-hybridized carbons (Fsp3) is 0.316. The summed E-state index contributed by atoms with van der Waals surface area (Å²) < 4.78 is 5.39. The lowest BCUT2D eigenvalue weighted by molar-refractivity contribution is -0.121. The largest absolute Gasteiger partial charge is 0.495 e. The molecule has 1 heterocycles. The smallest absolute Gasteiger partial charge is 0.260 e. The van der Waals surface area contributed by atoms with Gasteiger partial charge in [0.25, 0.3) is 5.91 Å². The van der Waals surface area contributed by atoms with Crippen molar-refractivity contribution in [2.75, 3.05) is 12.0 Å². The van der Waals surface area contributed by atoms with E-state index in [1.54, 1.807) is 30.3 Å². The number of carbonyl (C=O) groups is 2. The number of primary amides is 1. The Balaban J connectivity index is 2.67. The fourth-order valence-corrected chi connectivity index (χ4v) is 2.89. The number of amides is 2. The predicted molar refractivity (Wildman–Crippen MR) is 101 cm³/mol. The molecule has 0 aliphatic carbocycles. The van der Waals surface area contributed by atoms with Crippen LogP contribution in [0.4, 0.5) is 5.69 Å². The lowest BCUT2D eigenvalue weighted by Gasteiger charge is -2.38. The topological polar surface area (TPSA) is 85.5 Å². The van der Waals surface area contributed by atoms with E-state index in [1.165, 1.54) is 24.3 Å². The molecule has 26 heavy (non-hydrogen) atoms. The summed E-state index contributed by atoms with van der Waals surface area (Å²) in [5, 5.41) is 0.271. The molecule has 0 bridgehead atoms. The second-order valence-electron chi connectivity index (χ2n) is 6.89. The van der Waals surface area contributed by atoms with Gasteiger partial charge in [0.15, 0.2) is 0 Å². The highest BCUT2D eigenvalue weighted by atomic mass is 35.5. The maximum atomic E-state index is 13.3. The Labute approximate surface area is 157 Å². The van der Waals surface area contributed by atoms with E-state index in [-0.39, 0.29) is 10.7 Å². The number of pyridine rings is 1. The van der Waals surface area contributed by atoms with Gasteiger partial charge < -0.3 is 10.5 Å². The second kappa shape index (κ2) is 7.74. The minimum absolute atomic E-state index is 0.271. The van der Waals surface area contributed by atoms with E-state index >= 15 is 0 Å². The van der Waals surface area contributed by atoms with Crippen LogP contribution in [0.3, 0.4) is 0 Å². The maximum Gasteiger partial charge on any atom is 0.260 e. The maximum absolute atomic E-state index is 13.3.